The Balaban J connectivity index is 1.88. The molecule has 0 saturated heterocycles. The van der Waals surface area contributed by atoms with Gasteiger partial charge in [0.1, 0.15) is 9.88 Å². The average Bonchev–Trinajstić information content (AvgIpc) is 3.04. The second kappa shape index (κ2) is 8.01. The predicted octanol–water partition coefficient (Wildman–Crippen LogP) is 4.45. The van der Waals surface area contributed by atoms with E-state index in [1.165, 1.54) is 5.56 Å². The smallest absolute Gasteiger partial charge is 0.347 e. The van der Waals surface area contributed by atoms with Crippen LogP contribution in [0.25, 0.3) is 10.6 Å². The number of aromatic nitrogens is 1. The van der Waals surface area contributed by atoms with Crippen molar-refractivity contribution in [2.75, 3.05) is 13.7 Å². The first-order valence-electron chi connectivity index (χ1n) is 8.15. The van der Waals surface area contributed by atoms with Gasteiger partial charge in [0.05, 0.1) is 25.0 Å². The SMILES string of the molecule is COc1cccc(-c2nc(C)c(C(=O)O)s2)c1OCCc1ccccc1. The van der Waals surface area contributed by atoms with E-state index in [0.717, 1.165) is 23.3 Å². The molecule has 3 aromatic rings. The second-order valence-corrected chi connectivity index (χ2v) is 6.66. The maximum Gasteiger partial charge on any atom is 0.347 e. The summed E-state index contributed by atoms with van der Waals surface area (Å²) in [4.78, 5) is 16.0. The number of nitrogens with zero attached hydrogens (tertiary/aromatic N) is 1. The van der Waals surface area contributed by atoms with Crippen LogP contribution in [0, 0.1) is 6.92 Å². The Morgan fingerprint density at radius 1 is 1.15 bits per heavy atom. The summed E-state index contributed by atoms with van der Waals surface area (Å²) in [6.45, 7) is 2.17. The molecule has 1 heterocycles. The first kappa shape index (κ1) is 17.9. The van der Waals surface area contributed by atoms with Crippen LogP contribution in [0.2, 0.25) is 0 Å². The number of methoxy groups -OCH3 is 1. The second-order valence-electron chi connectivity index (χ2n) is 5.66. The highest BCUT2D eigenvalue weighted by Crippen LogP contribution is 2.40. The highest BCUT2D eigenvalue weighted by molar-refractivity contribution is 7.17. The number of benzene rings is 2. The van der Waals surface area contributed by atoms with Crippen molar-refractivity contribution >= 4 is 17.3 Å². The van der Waals surface area contributed by atoms with Gasteiger partial charge in [-0.15, -0.1) is 11.3 Å². The summed E-state index contributed by atoms with van der Waals surface area (Å²) in [6, 6.07) is 15.6. The average molecular weight is 369 g/mol. The molecular formula is C20H19NO4S. The van der Waals surface area contributed by atoms with E-state index in [9.17, 15) is 9.90 Å². The molecule has 0 amide bonds. The number of aromatic carboxylic acids is 1. The van der Waals surface area contributed by atoms with E-state index in [1.807, 2.05) is 36.4 Å². The minimum absolute atomic E-state index is 0.234. The molecule has 0 spiro atoms. The standard InChI is InChI=1S/C20H19NO4S/c1-13-18(20(22)23)26-19(21-13)15-9-6-10-16(24-2)17(15)25-12-11-14-7-4-3-5-8-14/h3-10H,11-12H2,1-2H3,(H,22,23). The van der Waals surface area contributed by atoms with Crippen LogP contribution in [-0.4, -0.2) is 29.8 Å². The van der Waals surface area contributed by atoms with Gasteiger partial charge >= 0.3 is 5.97 Å². The number of thiazole rings is 1. The molecule has 0 bridgehead atoms. The van der Waals surface area contributed by atoms with Gasteiger partial charge in [0.25, 0.3) is 0 Å². The van der Waals surface area contributed by atoms with E-state index in [4.69, 9.17) is 9.47 Å². The lowest BCUT2D eigenvalue weighted by molar-refractivity contribution is 0.0701. The third kappa shape index (κ3) is 3.86. The molecule has 6 heteroatoms. The largest absolute Gasteiger partial charge is 0.493 e. The third-order valence-electron chi connectivity index (χ3n) is 3.90. The minimum Gasteiger partial charge on any atom is -0.493 e. The maximum atomic E-state index is 11.3. The van der Waals surface area contributed by atoms with Crippen LogP contribution in [0.15, 0.2) is 48.5 Å². The molecular weight excluding hydrogens is 350 g/mol. The number of para-hydroxylation sites is 1. The fourth-order valence-corrected chi connectivity index (χ4v) is 3.55. The Bertz CT molecular complexity index is 905. The lowest BCUT2D eigenvalue weighted by Crippen LogP contribution is -2.04. The number of carboxylic acids is 1. The molecule has 0 radical (unpaired) electrons. The van der Waals surface area contributed by atoms with E-state index in [1.54, 1.807) is 14.0 Å². The first-order valence-corrected chi connectivity index (χ1v) is 8.96. The molecule has 0 aliphatic rings. The molecule has 134 valence electrons. The van der Waals surface area contributed by atoms with Gasteiger partial charge in [-0.2, -0.15) is 0 Å². The number of aryl methyl sites for hydroxylation is 1. The molecule has 1 aromatic heterocycles. The molecule has 0 aliphatic heterocycles. The fraction of sp³-hybridized carbons (Fsp3) is 0.200. The summed E-state index contributed by atoms with van der Waals surface area (Å²) in [6.07, 6.45) is 0.760. The number of carboxylic acid groups (broad SMARTS) is 1. The molecule has 0 unspecified atom stereocenters. The molecule has 26 heavy (non-hydrogen) atoms. The molecule has 0 aliphatic carbocycles. The lowest BCUT2D eigenvalue weighted by Gasteiger charge is -2.14. The number of hydrogen-bond acceptors (Lipinski definition) is 5. The van der Waals surface area contributed by atoms with Gasteiger partial charge in [0.15, 0.2) is 11.5 Å². The van der Waals surface area contributed by atoms with E-state index < -0.39 is 5.97 Å². The van der Waals surface area contributed by atoms with E-state index >= 15 is 0 Å². The van der Waals surface area contributed by atoms with Crippen molar-refractivity contribution in [2.24, 2.45) is 0 Å². The van der Waals surface area contributed by atoms with Crippen molar-refractivity contribution in [1.82, 2.24) is 4.98 Å². The van der Waals surface area contributed by atoms with Gasteiger partial charge in [0.2, 0.25) is 0 Å². The lowest BCUT2D eigenvalue weighted by atomic mass is 10.1. The molecule has 2 aromatic carbocycles. The quantitative estimate of drug-likeness (QED) is 0.666. The van der Waals surface area contributed by atoms with E-state index in [2.05, 4.69) is 17.1 Å². The van der Waals surface area contributed by atoms with Crippen molar-refractivity contribution in [1.29, 1.82) is 0 Å². The number of carbonyl (C=O) groups is 1. The van der Waals surface area contributed by atoms with Crippen molar-refractivity contribution in [3.8, 4) is 22.1 Å². The normalized spacial score (nSPS) is 10.5. The number of rotatable bonds is 7. The van der Waals surface area contributed by atoms with Crippen LogP contribution < -0.4 is 9.47 Å². The topological polar surface area (TPSA) is 68.7 Å². The highest BCUT2D eigenvalue weighted by Gasteiger charge is 2.19. The van der Waals surface area contributed by atoms with Crippen LogP contribution >= 0.6 is 11.3 Å². The Labute approximate surface area is 155 Å². The van der Waals surface area contributed by atoms with Crippen molar-refractivity contribution in [3.63, 3.8) is 0 Å². The summed E-state index contributed by atoms with van der Waals surface area (Å²) < 4.78 is 11.5. The zero-order valence-corrected chi connectivity index (χ0v) is 15.4. The number of ether oxygens (including phenoxy) is 2. The van der Waals surface area contributed by atoms with Gasteiger partial charge in [-0.25, -0.2) is 9.78 Å². The van der Waals surface area contributed by atoms with E-state index in [-0.39, 0.29) is 4.88 Å². The van der Waals surface area contributed by atoms with Crippen molar-refractivity contribution in [2.45, 2.75) is 13.3 Å². The van der Waals surface area contributed by atoms with Crippen LogP contribution in [0.3, 0.4) is 0 Å². The van der Waals surface area contributed by atoms with Crippen molar-refractivity contribution < 1.29 is 19.4 Å². The number of hydrogen-bond donors (Lipinski definition) is 1. The Hall–Kier alpha value is -2.86. The van der Waals surface area contributed by atoms with Gasteiger partial charge < -0.3 is 14.6 Å². The van der Waals surface area contributed by atoms with Crippen molar-refractivity contribution in [3.05, 3.63) is 64.7 Å². The van der Waals surface area contributed by atoms with Crippen LogP contribution in [0.5, 0.6) is 11.5 Å². The molecule has 1 N–H and O–H groups in total. The summed E-state index contributed by atoms with van der Waals surface area (Å²) in [5, 5.41) is 9.88. The third-order valence-corrected chi connectivity index (χ3v) is 5.08. The highest BCUT2D eigenvalue weighted by atomic mass is 32.1. The van der Waals surface area contributed by atoms with Gasteiger partial charge in [-0.3, -0.25) is 0 Å². The summed E-state index contributed by atoms with van der Waals surface area (Å²) in [5.41, 5.74) is 2.41. The predicted molar refractivity (Wildman–Crippen MR) is 101 cm³/mol. The fourth-order valence-electron chi connectivity index (χ4n) is 2.62. The Morgan fingerprint density at radius 2 is 1.92 bits per heavy atom. The molecule has 5 nitrogen and oxygen atoms in total. The van der Waals surface area contributed by atoms with Gasteiger partial charge in [-0.1, -0.05) is 36.4 Å². The summed E-state index contributed by atoms with van der Waals surface area (Å²) in [7, 11) is 1.58. The Kier molecular flexibility index (Phi) is 5.53. The van der Waals surface area contributed by atoms with Crippen LogP contribution in [0.1, 0.15) is 20.9 Å². The van der Waals surface area contributed by atoms with Gasteiger partial charge in [0, 0.05) is 6.42 Å². The van der Waals surface area contributed by atoms with Crippen LogP contribution in [-0.2, 0) is 6.42 Å². The minimum atomic E-state index is -0.972. The summed E-state index contributed by atoms with van der Waals surface area (Å²) in [5.74, 6) is 0.206. The van der Waals surface area contributed by atoms with Crippen LogP contribution in [0.4, 0.5) is 0 Å². The summed E-state index contributed by atoms with van der Waals surface area (Å²) >= 11 is 1.14. The van der Waals surface area contributed by atoms with E-state index in [0.29, 0.717) is 28.8 Å². The molecule has 3 rings (SSSR count). The molecule has 0 saturated carbocycles. The monoisotopic (exact) mass is 369 g/mol. The zero-order chi connectivity index (χ0) is 18.5. The molecule has 0 fully saturated rings. The first-order chi connectivity index (χ1) is 12.6. The maximum absolute atomic E-state index is 11.3. The Morgan fingerprint density at radius 3 is 2.58 bits per heavy atom. The van der Waals surface area contributed by atoms with Gasteiger partial charge in [-0.05, 0) is 24.6 Å². The zero-order valence-electron chi connectivity index (χ0n) is 14.6. The molecule has 0 atom stereocenters.